The van der Waals surface area contributed by atoms with E-state index in [4.69, 9.17) is 10.4 Å². The largest absolute Gasteiger partial charge is 0.481 e. The van der Waals surface area contributed by atoms with Crippen molar-refractivity contribution >= 4 is 37.8 Å². The van der Waals surface area contributed by atoms with Crippen LogP contribution >= 0.6 is 31.9 Å². The Morgan fingerprint density at radius 3 is 2.67 bits per heavy atom. The minimum Gasteiger partial charge on any atom is -0.481 e. The molecule has 0 saturated heterocycles. The number of halogens is 2. The van der Waals surface area contributed by atoms with Gasteiger partial charge in [-0.25, -0.2) is 0 Å². The Labute approximate surface area is 104 Å². The molecule has 0 aliphatic carbocycles. The smallest absolute Gasteiger partial charge is 0.307 e. The lowest BCUT2D eigenvalue weighted by atomic mass is 10.0. The summed E-state index contributed by atoms with van der Waals surface area (Å²) in [4.78, 5) is 10.5. The summed E-state index contributed by atoms with van der Waals surface area (Å²) in [5.74, 6) is -0.905. The van der Waals surface area contributed by atoms with Crippen LogP contribution < -0.4 is 0 Å². The first kappa shape index (κ1) is 12.2. The number of nitriles is 1. The van der Waals surface area contributed by atoms with Crippen LogP contribution in [-0.2, 0) is 16.5 Å². The Balaban J connectivity index is 3.21. The highest BCUT2D eigenvalue weighted by Gasteiger charge is 2.09. The van der Waals surface area contributed by atoms with Gasteiger partial charge < -0.3 is 5.11 Å². The maximum absolute atomic E-state index is 10.5. The molecule has 0 amide bonds. The molecule has 0 spiro atoms. The molecule has 0 heterocycles. The molecule has 0 fully saturated rings. The van der Waals surface area contributed by atoms with Gasteiger partial charge in [-0.05, 0) is 23.3 Å². The van der Waals surface area contributed by atoms with E-state index in [1.165, 1.54) is 0 Å². The summed E-state index contributed by atoms with van der Waals surface area (Å²) in [5.41, 5.74) is 1.96. The van der Waals surface area contributed by atoms with E-state index >= 15 is 0 Å². The van der Waals surface area contributed by atoms with Crippen LogP contribution in [0.25, 0.3) is 0 Å². The third-order valence-electron chi connectivity index (χ3n) is 1.86. The first-order valence-corrected chi connectivity index (χ1v) is 5.99. The lowest BCUT2D eigenvalue weighted by Crippen LogP contribution is -2.01. The van der Waals surface area contributed by atoms with E-state index < -0.39 is 5.97 Å². The number of hydrogen-bond donors (Lipinski definition) is 1. The molecule has 3 nitrogen and oxygen atoms in total. The van der Waals surface area contributed by atoms with Gasteiger partial charge in [-0.15, -0.1) is 0 Å². The summed E-state index contributed by atoms with van der Waals surface area (Å²) in [7, 11) is 0. The van der Waals surface area contributed by atoms with Gasteiger partial charge in [-0.1, -0.05) is 31.9 Å². The number of nitrogens with zero attached hydrogens (tertiary/aromatic N) is 1. The third kappa shape index (κ3) is 3.05. The Morgan fingerprint density at radius 1 is 1.53 bits per heavy atom. The molecular formula is C10H7Br2NO2. The van der Waals surface area contributed by atoms with Gasteiger partial charge in [0.2, 0.25) is 0 Å². The van der Waals surface area contributed by atoms with Crippen molar-refractivity contribution in [3.8, 4) is 6.07 Å². The van der Waals surface area contributed by atoms with Crippen molar-refractivity contribution in [3.63, 3.8) is 0 Å². The molecule has 0 aliphatic rings. The molecule has 0 radical (unpaired) electrons. The van der Waals surface area contributed by atoms with Crippen molar-refractivity contribution in [2.45, 2.75) is 11.8 Å². The van der Waals surface area contributed by atoms with Gasteiger partial charge >= 0.3 is 5.97 Å². The highest BCUT2D eigenvalue weighted by molar-refractivity contribution is 9.10. The zero-order valence-corrected chi connectivity index (χ0v) is 10.8. The van der Waals surface area contributed by atoms with Gasteiger partial charge in [0, 0.05) is 9.80 Å². The van der Waals surface area contributed by atoms with Gasteiger partial charge in [-0.2, -0.15) is 5.26 Å². The fraction of sp³-hybridized carbons (Fsp3) is 0.200. The van der Waals surface area contributed by atoms with E-state index in [0.717, 1.165) is 10.0 Å². The highest BCUT2D eigenvalue weighted by atomic mass is 79.9. The van der Waals surface area contributed by atoms with Crippen LogP contribution in [0.5, 0.6) is 0 Å². The lowest BCUT2D eigenvalue weighted by molar-refractivity contribution is -0.136. The van der Waals surface area contributed by atoms with Crippen LogP contribution in [0.3, 0.4) is 0 Å². The van der Waals surface area contributed by atoms with Crippen LogP contribution in [0.4, 0.5) is 0 Å². The summed E-state index contributed by atoms with van der Waals surface area (Å²) in [5, 5.41) is 18.1. The predicted octanol–water partition coefficient (Wildman–Crippen LogP) is 2.84. The molecule has 1 N–H and O–H groups in total. The summed E-state index contributed by atoms with van der Waals surface area (Å²) in [6.45, 7) is 0. The third-order valence-corrected chi connectivity index (χ3v) is 3.13. The average molecular weight is 333 g/mol. The van der Waals surface area contributed by atoms with Crippen molar-refractivity contribution < 1.29 is 9.90 Å². The van der Waals surface area contributed by atoms with Gasteiger partial charge in [0.15, 0.2) is 0 Å². The maximum atomic E-state index is 10.5. The predicted molar refractivity (Wildman–Crippen MR) is 62.8 cm³/mol. The zero-order valence-electron chi connectivity index (χ0n) is 7.63. The van der Waals surface area contributed by atoms with E-state index in [1.54, 1.807) is 12.1 Å². The molecule has 1 aromatic carbocycles. The van der Waals surface area contributed by atoms with Gasteiger partial charge in [0.05, 0.1) is 18.1 Å². The number of carbonyl (C=O) groups is 1. The normalized spacial score (nSPS) is 9.67. The quantitative estimate of drug-likeness (QED) is 0.866. The van der Waals surface area contributed by atoms with Crippen molar-refractivity contribution in [2.24, 2.45) is 0 Å². The number of benzene rings is 1. The van der Waals surface area contributed by atoms with Crippen molar-refractivity contribution in [2.75, 3.05) is 0 Å². The number of carboxylic acid groups (broad SMARTS) is 1. The van der Waals surface area contributed by atoms with Crippen LogP contribution in [0.15, 0.2) is 16.6 Å². The number of hydrogen-bond acceptors (Lipinski definition) is 2. The highest BCUT2D eigenvalue weighted by Crippen LogP contribution is 2.25. The van der Waals surface area contributed by atoms with E-state index in [9.17, 15) is 4.79 Å². The average Bonchev–Trinajstić information content (AvgIpc) is 2.15. The van der Waals surface area contributed by atoms with Gasteiger partial charge in [0.1, 0.15) is 0 Å². The van der Waals surface area contributed by atoms with E-state index in [0.29, 0.717) is 16.5 Å². The topological polar surface area (TPSA) is 61.1 Å². The Morgan fingerprint density at radius 2 is 2.20 bits per heavy atom. The van der Waals surface area contributed by atoms with Gasteiger partial charge in [-0.3, -0.25) is 4.79 Å². The van der Waals surface area contributed by atoms with Crippen LogP contribution in [0, 0.1) is 11.3 Å². The van der Waals surface area contributed by atoms with Gasteiger partial charge in [0.25, 0.3) is 0 Å². The molecule has 0 atom stereocenters. The molecule has 0 aromatic heterocycles. The molecule has 0 bridgehead atoms. The molecule has 0 aliphatic heterocycles. The number of aliphatic carboxylic acids is 1. The fourth-order valence-electron chi connectivity index (χ4n) is 1.20. The molecule has 5 heteroatoms. The monoisotopic (exact) mass is 331 g/mol. The van der Waals surface area contributed by atoms with E-state index in [-0.39, 0.29) is 6.42 Å². The Bertz CT molecular complexity index is 438. The lowest BCUT2D eigenvalue weighted by Gasteiger charge is -2.06. The summed E-state index contributed by atoms with van der Waals surface area (Å²) >= 11 is 6.59. The standard InChI is InChI=1S/C10H7Br2NO2/c11-4-8-7(5-13)1-6(2-9(8)12)3-10(14)15/h1-2H,3-4H2,(H,14,15). The van der Waals surface area contributed by atoms with E-state index in [1.807, 2.05) is 6.07 Å². The van der Waals surface area contributed by atoms with Crippen LogP contribution in [0.1, 0.15) is 16.7 Å². The summed E-state index contributed by atoms with van der Waals surface area (Å²) in [6, 6.07) is 5.38. The molecule has 0 saturated carbocycles. The van der Waals surface area contributed by atoms with Crippen LogP contribution in [0.2, 0.25) is 0 Å². The van der Waals surface area contributed by atoms with E-state index in [2.05, 4.69) is 31.9 Å². The second kappa shape index (κ2) is 5.29. The number of alkyl halides is 1. The summed E-state index contributed by atoms with van der Waals surface area (Å²) in [6.07, 6.45) is -0.0736. The molecular weight excluding hydrogens is 326 g/mol. The maximum Gasteiger partial charge on any atom is 0.307 e. The second-order valence-electron chi connectivity index (χ2n) is 2.92. The SMILES string of the molecule is N#Cc1cc(CC(=O)O)cc(Br)c1CBr. The molecule has 15 heavy (non-hydrogen) atoms. The fourth-order valence-corrected chi connectivity index (χ4v) is 2.83. The van der Waals surface area contributed by atoms with Crippen molar-refractivity contribution in [3.05, 3.63) is 33.3 Å². The molecule has 1 aromatic rings. The van der Waals surface area contributed by atoms with Crippen LogP contribution in [-0.4, -0.2) is 11.1 Å². The first-order chi connectivity index (χ1) is 7.08. The number of rotatable bonds is 3. The molecule has 78 valence electrons. The zero-order chi connectivity index (χ0) is 11.4. The minimum absolute atomic E-state index is 0.0736. The summed E-state index contributed by atoms with van der Waals surface area (Å²) < 4.78 is 0.759. The van der Waals surface area contributed by atoms with Crippen molar-refractivity contribution in [1.29, 1.82) is 5.26 Å². The minimum atomic E-state index is -0.905. The molecule has 0 unspecified atom stereocenters. The Hall–Kier alpha value is -0.860. The second-order valence-corrected chi connectivity index (χ2v) is 4.33. The first-order valence-electron chi connectivity index (χ1n) is 4.07. The Kier molecular flexibility index (Phi) is 4.30. The van der Waals surface area contributed by atoms with Crippen molar-refractivity contribution in [1.82, 2.24) is 0 Å². The number of carboxylic acids is 1. The molecule has 1 rings (SSSR count).